The molecule has 1 unspecified atom stereocenters. The molecule has 3 N–H and O–H groups in total. The second-order valence-corrected chi connectivity index (χ2v) is 7.66. The first-order chi connectivity index (χ1) is 11.3. The van der Waals surface area contributed by atoms with E-state index in [9.17, 15) is 9.59 Å². The van der Waals surface area contributed by atoms with Gasteiger partial charge in [-0.3, -0.25) is 9.59 Å². The minimum Gasteiger partial charge on any atom is -0.349 e. The summed E-state index contributed by atoms with van der Waals surface area (Å²) in [6.45, 7) is 6.79. The van der Waals surface area contributed by atoms with E-state index in [1.807, 2.05) is 31.2 Å². The molecule has 0 aliphatic heterocycles. The average molecular weight is 330 g/mol. The molecule has 0 heterocycles. The Hall–Kier alpha value is -1.68. The summed E-state index contributed by atoms with van der Waals surface area (Å²) in [5.41, 5.74) is 7.41. The van der Waals surface area contributed by atoms with E-state index in [0.717, 1.165) is 19.3 Å². The summed E-state index contributed by atoms with van der Waals surface area (Å²) in [6.07, 6.45) is 3.70. The smallest absolute Gasteiger partial charge is 0.220 e. The predicted molar refractivity (Wildman–Crippen MR) is 96.9 cm³/mol. The summed E-state index contributed by atoms with van der Waals surface area (Å²) in [5.74, 6) is 1.01. The van der Waals surface area contributed by atoms with Gasteiger partial charge in [0, 0.05) is 24.9 Å². The first-order valence-corrected chi connectivity index (χ1v) is 8.97. The fourth-order valence-electron chi connectivity index (χ4n) is 3.09. The van der Waals surface area contributed by atoms with Gasteiger partial charge in [-0.1, -0.05) is 38.1 Å². The van der Waals surface area contributed by atoms with Crippen LogP contribution in [0.1, 0.15) is 62.4 Å². The minimum atomic E-state index is -0.321. The number of rotatable bonds is 9. The monoisotopic (exact) mass is 330 g/mol. The number of amides is 1. The Kier molecular flexibility index (Phi) is 6.16. The number of hydrogen-bond donors (Lipinski definition) is 2. The van der Waals surface area contributed by atoms with E-state index in [4.69, 9.17) is 5.73 Å². The molecule has 1 aliphatic carbocycles. The Balaban J connectivity index is 1.82. The third-order valence-corrected chi connectivity index (χ3v) is 4.83. The molecule has 0 saturated heterocycles. The van der Waals surface area contributed by atoms with Crippen molar-refractivity contribution >= 4 is 11.7 Å². The zero-order chi connectivity index (χ0) is 17.7. The molecule has 1 aromatic rings. The molecule has 132 valence electrons. The van der Waals surface area contributed by atoms with Crippen LogP contribution >= 0.6 is 0 Å². The van der Waals surface area contributed by atoms with E-state index >= 15 is 0 Å². The van der Waals surface area contributed by atoms with Crippen molar-refractivity contribution < 1.29 is 9.59 Å². The van der Waals surface area contributed by atoms with Crippen LogP contribution in [0.4, 0.5) is 0 Å². The van der Waals surface area contributed by atoms with Gasteiger partial charge in [0.2, 0.25) is 5.91 Å². The summed E-state index contributed by atoms with van der Waals surface area (Å²) in [4.78, 5) is 24.4. The van der Waals surface area contributed by atoms with Gasteiger partial charge in [-0.15, -0.1) is 0 Å². The Morgan fingerprint density at radius 1 is 1.21 bits per heavy atom. The summed E-state index contributed by atoms with van der Waals surface area (Å²) in [7, 11) is 0. The van der Waals surface area contributed by atoms with Gasteiger partial charge < -0.3 is 11.1 Å². The lowest BCUT2D eigenvalue weighted by Gasteiger charge is -2.29. The van der Waals surface area contributed by atoms with E-state index in [0.29, 0.717) is 23.9 Å². The van der Waals surface area contributed by atoms with Crippen LogP contribution in [-0.4, -0.2) is 23.8 Å². The van der Waals surface area contributed by atoms with E-state index in [-0.39, 0.29) is 30.1 Å². The zero-order valence-corrected chi connectivity index (χ0v) is 15.1. The Bertz CT molecular complexity index is 576. The predicted octanol–water partition coefficient (Wildman–Crippen LogP) is 3.09. The lowest BCUT2D eigenvalue weighted by molar-refractivity contribution is -0.123. The number of nitrogens with one attached hydrogen (secondary N) is 1. The van der Waals surface area contributed by atoms with Crippen molar-refractivity contribution in [3.8, 4) is 0 Å². The highest BCUT2D eigenvalue weighted by Crippen LogP contribution is 2.39. The van der Waals surface area contributed by atoms with Crippen LogP contribution < -0.4 is 11.1 Å². The molecule has 0 bridgehead atoms. The molecule has 0 radical (unpaired) electrons. The van der Waals surface area contributed by atoms with Gasteiger partial charge in [0.1, 0.15) is 0 Å². The van der Waals surface area contributed by atoms with Gasteiger partial charge in [0.05, 0.1) is 5.54 Å². The Labute approximate surface area is 145 Å². The highest BCUT2D eigenvalue weighted by atomic mass is 16.2. The number of Topliss-reactive ketones (excluding diaryl/α,β-unsaturated/α-hetero) is 1. The third-order valence-electron chi connectivity index (χ3n) is 4.83. The van der Waals surface area contributed by atoms with Gasteiger partial charge >= 0.3 is 0 Å². The molecule has 1 atom stereocenters. The number of carbonyl (C=O) groups excluding carboxylic acids is 2. The first-order valence-electron chi connectivity index (χ1n) is 8.97. The number of ketones is 1. The zero-order valence-electron chi connectivity index (χ0n) is 15.1. The normalized spacial score (nSPS) is 16.7. The molecule has 24 heavy (non-hydrogen) atoms. The highest BCUT2D eigenvalue weighted by molar-refractivity contribution is 5.98. The van der Waals surface area contributed by atoms with Crippen LogP contribution in [0.3, 0.4) is 0 Å². The second-order valence-electron chi connectivity index (χ2n) is 7.66. The lowest BCUT2D eigenvalue weighted by atomic mass is 9.95. The number of benzene rings is 1. The van der Waals surface area contributed by atoms with Gasteiger partial charge in [-0.2, -0.15) is 0 Å². The van der Waals surface area contributed by atoms with Crippen molar-refractivity contribution in [2.24, 2.45) is 17.6 Å². The molecule has 4 nitrogen and oxygen atoms in total. The van der Waals surface area contributed by atoms with Crippen molar-refractivity contribution in [1.29, 1.82) is 0 Å². The molecule has 4 heteroatoms. The maximum atomic E-state index is 12.3. The minimum absolute atomic E-state index is 0.0159. The van der Waals surface area contributed by atoms with Crippen LogP contribution in [-0.2, 0) is 11.2 Å². The maximum absolute atomic E-state index is 12.3. The van der Waals surface area contributed by atoms with Crippen LogP contribution in [0.5, 0.6) is 0 Å². The Morgan fingerprint density at radius 3 is 2.33 bits per heavy atom. The maximum Gasteiger partial charge on any atom is 0.220 e. The molecule has 0 spiro atoms. The lowest BCUT2D eigenvalue weighted by Crippen LogP contribution is -2.53. The van der Waals surface area contributed by atoms with Gasteiger partial charge in [0.15, 0.2) is 5.78 Å². The number of hydrogen-bond acceptors (Lipinski definition) is 3. The fraction of sp³-hybridized carbons (Fsp3) is 0.600. The molecule has 2 rings (SSSR count). The number of nitrogens with two attached hydrogens (primary N) is 1. The van der Waals surface area contributed by atoms with Crippen LogP contribution in [0.25, 0.3) is 0 Å². The van der Waals surface area contributed by atoms with E-state index < -0.39 is 0 Å². The number of carbonyl (C=O) groups is 2. The average Bonchev–Trinajstić information content (AvgIpc) is 3.38. The van der Waals surface area contributed by atoms with Crippen LogP contribution in [0.15, 0.2) is 24.3 Å². The second kappa shape index (κ2) is 7.93. The molecular formula is C20H30N2O2. The van der Waals surface area contributed by atoms with Crippen LogP contribution in [0.2, 0.25) is 0 Å². The van der Waals surface area contributed by atoms with Crippen molar-refractivity contribution in [3.63, 3.8) is 0 Å². The first kappa shape index (κ1) is 18.7. The van der Waals surface area contributed by atoms with Crippen molar-refractivity contribution in [3.05, 3.63) is 35.4 Å². The molecule has 1 aromatic carbocycles. The molecule has 1 fully saturated rings. The summed E-state index contributed by atoms with van der Waals surface area (Å²) in [5, 5.41) is 3.03. The third kappa shape index (κ3) is 5.17. The van der Waals surface area contributed by atoms with E-state index in [1.54, 1.807) is 0 Å². The molecule has 1 saturated carbocycles. The standard InChI is InChI=1S/C20H30N2O2/c1-14(2)12-15-4-6-16(7-5-15)18(23)10-11-19(24)22-20(3,13-21)17-8-9-17/h4-7,14,17H,8-13,21H2,1-3H3,(H,22,24). The van der Waals surface area contributed by atoms with Crippen molar-refractivity contribution in [2.75, 3.05) is 6.54 Å². The highest BCUT2D eigenvalue weighted by Gasteiger charge is 2.41. The molecule has 1 aliphatic rings. The SMILES string of the molecule is CC(C)Cc1ccc(C(=O)CCC(=O)NC(C)(CN)C2CC2)cc1. The fourth-order valence-corrected chi connectivity index (χ4v) is 3.09. The van der Waals surface area contributed by atoms with Crippen molar-refractivity contribution in [2.45, 2.75) is 58.4 Å². The molecule has 0 aromatic heterocycles. The van der Waals surface area contributed by atoms with E-state index in [1.165, 1.54) is 5.56 Å². The summed E-state index contributed by atoms with van der Waals surface area (Å²) >= 11 is 0. The Morgan fingerprint density at radius 2 is 1.83 bits per heavy atom. The topological polar surface area (TPSA) is 72.2 Å². The van der Waals surface area contributed by atoms with Crippen LogP contribution in [0, 0.1) is 11.8 Å². The molecule has 1 amide bonds. The van der Waals surface area contributed by atoms with Gasteiger partial charge in [0.25, 0.3) is 0 Å². The van der Waals surface area contributed by atoms with E-state index in [2.05, 4.69) is 19.2 Å². The quantitative estimate of drug-likeness (QED) is 0.683. The van der Waals surface area contributed by atoms with Gasteiger partial charge in [-0.25, -0.2) is 0 Å². The van der Waals surface area contributed by atoms with Crippen molar-refractivity contribution in [1.82, 2.24) is 5.32 Å². The summed E-state index contributed by atoms with van der Waals surface area (Å²) < 4.78 is 0. The largest absolute Gasteiger partial charge is 0.349 e. The van der Waals surface area contributed by atoms with Gasteiger partial charge in [-0.05, 0) is 43.6 Å². The molecular weight excluding hydrogens is 300 g/mol. The summed E-state index contributed by atoms with van der Waals surface area (Å²) in [6, 6.07) is 7.75.